The molecule has 1 N–H and O–H groups in total. The lowest BCUT2D eigenvalue weighted by molar-refractivity contribution is -0.121. The third-order valence-electron chi connectivity index (χ3n) is 3.11. The molecule has 0 spiro atoms. The molecule has 0 saturated carbocycles. The number of carbonyl (C=O) groups is 1. The van der Waals surface area contributed by atoms with Gasteiger partial charge < -0.3 is 9.73 Å². The second-order valence-electron chi connectivity index (χ2n) is 4.53. The van der Waals surface area contributed by atoms with E-state index in [9.17, 15) is 4.79 Å². The molecule has 0 fully saturated rings. The van der Waals surface area contributed by atoms with Crippen LogP contribution in [0.5, 0.6) is 0 Å². The first-order chi connectivity index (χ1) is 9.28. The molecule has 100 valence electrons. The van der Waals surface area contributed by atoms with Crippen molar-refractivity contribution in [2.24, 2.45) is 0 Å². The van der Waals surface area contributed by atoms with Crippen LogP contribution in [0.25, 0.3) is 0 Å². The molecule has 0 unspecified atom stereocenters. The molecule has 0 radical (unpaired) electrons. The van der Waals surface area contributed by atoms with Crippen LogP contribution >= 0.6 is 0 Å². The van der Waals surface area contributed by atoms with Crippen LogP contribution in [0.15, 0.2) is 47.1 Å². The van der Waals surface area contributed by atoms with Crippen molar-refractivity contribution in [3.63, 3.8) is 0 Å². The van der Waals surface area contributed by atoms with Crippen molar-refractivity contribution >= 4 is 5.91 Å². The molecule has 0 aliphatic carbocycles. The highest BCUT2D eigenvalue weighted by Gasteiger charge is 2.03. The number of amides is 1. The zero-order valence-corrected chi connectivity index (χ0v) is 11.2. The molecule has 1 heterocycles. The zero-order chi connectivity index (χ0) is 13.5. The maximum Gasteiger partial charge on any atom is 0.220 e. The number of furan rings is 1. The van der Waals surface area contributed by atoms with Crippen molar-refractivity contribution in [1.29, 1.82) is 0 Å². The minimum Gasteiger partial charge on any atom is -0.467 e. The summed E-state index contributed by atoms with van der Waals surface area (Å²) in [5, 5.41) is 2.85. The fourth-order valence-electron chi connectivity index (χ4n) is 1.89. The van der Waals surface area contributed by atoms with Gasteiger partial charge in [0.15, 0.2) is 0 Å². The third kappa shape index (κ3) is 4.28. The SMILES string of the molecule is CCc1ccc(CCC(=O)NCc2ccco2)cc1. The smallest absolute Gasteiger partial charge is 0.220 e. The van der Waals surface area contributed by atoms with Crippen molar-refractivity contribution < 1.29 is 9.21 Å². The Morgan fingerprint density at radius 3 is 2.53 bits per heavy atom. The molecule has 3 nitrogen and oxygen atoms in total. The molecule has 0 saturated heterocycles. The Bertz CT molecular complexity index is 500. The normalized spacial score (nSPS) is 10.4. The summed E-state index contributed by atoms with van der Waals surface area (Å²) in [5.41, 5.74) is 2.52. The summed E-state index contributed by atoms with van der Waals surface area (Å²) in [6.45, 7) is 2.59. The number of benzene rings is 1. The van der Waals surface area contributed by atoms with Gasteiger partial charge in [0, 0.05) is 6.42 Å². The zero-order valence-electron chi connectivity index (χ0n) is 11.2. The molecule has 1 amide bonds. The van der Waals surface area contributed by atoms with Gasteiger partial charge in [0.1, 0.15) is 5.76 Å². The number of hydrogen-bond donors (Lipinski definition) is 1. The molecule has 0 bridgehead atoms. The van der Waals surface area contributed by atoms with Gasteiger partial charge in [-0.3, -0.25) is 4.79 Å². The van der Waals surface area contributed by atoms with Gasteiger partial charge in [-0.15, -0.1) is 0 Å². The molecule has 2 aromatic rings. The Hall–Kier alpha value is -2.03. The fraction of sp³-hybridized carbons (Fsp3) is 0.312. The topological polar surface area (TPSA) is 42.2 Å². The van der Waals surface area contributed by atoms with E-state index in [1.54, 1.807) is 6.26 Å². The minimum absolute atomic E-state index is 0.0518. The third-order valence-corrected chi connectivity index (χ3v) is 3.11. The number of rotatable bonds is 6. The number of nitrogens with one attached hydrogen (secondary N) is 1. The monoisotopic (exact) mass is 257 g/mol. The van der Waals surface area contributed by atoms with Gasteiger partial charge in [-0.2, -0.15) is 0 Å². The molecule has 19 heavy (non-hydrogen) atoms. The van der Waals surface area contributed by atoms with Crippen LogP contribution in [0.2, 0.25) is 0 Å². The lowest BCUT2D eigenvalue weighted by atomic mass is 10.1. The Kier molecular flexibility index (Phi) is 4.78. The average Bonchev–Trinajstić information content (AvgIpc) is 2.96. The Labute approximate surface area is 113 Å². The van der Waals surface area contributed by atoms with E-state index >= 15 is 0 Å². The van der Waals surface area contributed by atoms with E-state index in [-0.39, 0.29) is 5.91 Å². The van der Waals surface area contributed by atoms with Crippen molar-refractivity contribution in [2.75, 3.05) is 0 Å². The summed E-state index contributed by atoms with van der Waals surface area (Å²) in [6, 6.07) is 12.1. The maximum absolute atomic E-state index is 11.7. The molecule has 3 heteroatoms. The number of hydrogen-bond acceptors (Lipinski definition) is 2. The molecule has 0 aliphatic heterocycles. The fourth-order valence-corrected chi connectivity index (χ4v) is 1.89. The first-order valence-electron chi connectivity index (χ1n) is 6.65. The lowest BCUT2D eigenvalue weighted by Gasteiger charge is -2.04. The summed E-state index contributed by atoms with van der Waals surface area (Å²) in [4.78, 5) is 11.7. The summed E-state index contributed by atoms with van der Waals surface area (Å²) in [5.74, 6) is 0.830. The van der Waals surface area contributed by atoms with E-state index in [0.717, 1.165) is 18.6 Å². The Balaban J connectivity index is 1.73. The van der Waals surface area contributed by atoms with Crippen LogP contribution in [-0.4, -0.2) is 5.91 Å². The summed E-state index contributed by atoms with van der Waals surface area (Å²) < 4.78 is 5.16. The van der Waals surface area contributed by atoms with E-state index in [1.165, 1.54) is 11.1 Å². The minimum atomic E-state index is 0.0518. The molecular weight excluding hydrogens is 238 g/mol. The van der Waals surface area contributed by atoms with Crippen LogP contribution < -0.4 is 5.32 Å². The van der Waals surface area contributed by atoms with E-state index in [2.05, 4.69) is 36.5 Å². The quantitative estimate of drug-likeness (QED) is 0.864. The van der Waals surface area contributed by atoms with E-state index in [0.29, 0.717) is 13.0 Å². The first kappa shape index (κ1) is 13.4. The van der Waals surface area contributed by atoms with Gasteiger partial charge >= 0.3 is 0 Å². The molecule has 0 aliphatic rings. The van der Waals surface area contributed by atoms with Crippen molar-refractivity contribution in [2.45, 2.75) is 32.7 Å². The summed E-state index contributed by atoms with van der Waals surface area (Å²) in [7, 11) is 0. The Morgan fingerprint density at radius 2 is 1.89 bits per heavy atom. The van der Waals surface area contributed by atoms with E-state index < -0.39 is 0 Å². The predicted molar refractivity (Wildman–Crippen MR) is 74.7 cm³/mol. The molecular formula is C16H19NO2. The van der Waals surface area contributed by atoms with Crippen LogP contribution in [-0.2, 0) is 24.2 Å². The van der Waals surface area contributed by atoms with Crippen LogP contribution in [0.3, 0.4) is 0 Å². The molecule has 1 aromatic heterocycles. The average molecular weight is 257 g/mol. The molecule has 1 aromatic carbocycles. The van der Waals surface area contributed by atoms with E-state index in [4.69, 9.17) is 4.42 Å². The highest BCUT2D eigenvalue weighted by atomic mass is 16.3. The van der Waals surface area contributed by atoms with Crippen molar-refractivity contribution in [3.05, 3.63) is 59.5 Å². The second-order valence-corrected chi connectivity index (χ2v) is 4.53. The predicted octanol–water partition coefficient (Wildman–Crippen LogP) is 3.09. The first-order valence-corrected chi connectivity index (χ1v) is 6.65. The van der Waals surface area contributed by atoms with Crippen LogP contribution in [0, 0.1) is 0 Å². The Morgan fingerprint density at radius 1 is 1.16 bits per heavy atom. The second kappa shape index (κ2) is 6.78. The van der Waals surface area contributed by atoms with Gasteiger partial charge in [0.2, 0.25) is 5.91 Å². The standard InChI is InChI=1S/C16H19NO2/c1-2-13-5-7-14(8-6-13)9-10-16(18)17-12-15-4-3-11-19-15/h3-8,11H,2,9-10,12H2,1H3,(H,17,18). The van der Waals surface area contributed by atoms with Gasteiger partial charge in [-0.25, -0.2) is 0 Å². The summed E-state index contributed by atoms with van der Waals surface area (Å²) >= 11 is 0. The van der Waals surface area contributed by atoms with Gasteiger partial charge in [-0.05, 0) is 36.1 Å². The molecule has 2 rings (SSSR count). The number of aryl methyl sites for hydroxylation is 2. The van der Waals surface area contributed by atoms with Gasteiger partial charge in [0.05, 0.1) is 12.8 Å². The van der Waals surface area contributed by atoms with Crippen molar-refractivity contribution in [3.8, 4) is 0 Å². The summed E-state index contributed by atoms with van der Waals surface area (Å²) in [6.07, 6.45) is 3.93. The lowest BCUT2D eigenvalue weighted by Crippen LogP contribution is -2.22. The maximum atomic E-state index is 11.7. The van der Waals surface area contributed by atoms with Gasteiger partial charge in [0.25, 0.3) is 0 Å². The van der Waals surface area contributed by atoms with Crippen LogP contribution in [0.1, 0.15) is 30.2 Å². The highest BCUT2D eigenvalue weighted by Crippen LogP contribution is 2.07. The van der Waals surface area contributed by atoms with Crippen LogP contribution in [0.4, 0.5) is 0 Å². The highest BCUT2D eigenvalue weighted by molar-refractivity contribution is 5.76. The van der Waals surface area contributed by atoms with Crippen molar-refractivity contribution in [1.82, 2.24) is 5.32 Å². The largest absolute Gasteiger partial charge is 0.467 e. The van der Waals surface area contributed by atoms with Gasteiger partial charge in [-0.1, -0.05) is 31.2 Å². The van der Waals surface area contributed by atoms with E-state index in [1.807, 2.05) is 12.1 Å². The molecule has 0 atom stereocenters. The number of carbonyl (C=O) groups excluding carboxylic acids is 1.